The highest BCUT2D eigenvalue weighted by Gasteiger charge is 2.19. The molecule has 0 aliphatic rings. The Morgan fingerprint density at radius 3 is 2.22 bits per heavy atom. The van der Waals surface area contributed by atoms with Gasteiger partial charge in [-0.05, 0) is 24.3 Å². The number of benzene rings is 2. The second-order valence-electron chi connectivity index (χ2n) is 4.41. The lowest BCUT2D eigenvalue weighted by atomic mass is 10.1. The first-order valence-corrected chi connectivity index (χ1v) is 6.92. The zero-order valence-electron chi connectivity index (χ0n) is 11.6. The molecule has 1 amide bonds. The minimum absolute atomic E-state index is 0.0249. The highest BCUT2D eigenvalue weighted by molar-refractivity contribution is 6.38. The number of hydrogen-bond donors (Lipinski definition) is 1. The van der Waals surface area contributed by atoms with Gasteiger partial charge < -0.3 is 10.1 Å². The molecule has 120 valence electrons. The van der Waals surface area contributed by atoms with Crippen LogP contribution < -0.4 is 5.32 Å². The maximum atomic E-state index is 13.2. The molecule has 0 aliphatic carbocycles. The summed E-state index contributed by atoms with van der Waals surface area (Å²) in [5.41, 5.74) is -0.433. The molecule has 2 aromatic carbocycles. The van der Waals surface area contributed by atoms with Crippen molar-refractivity contribution in [2.24, 2.45) is 0 Å². The topological polar surface area (TPSA) is 55.4 Å². The van der Waals surface area contributed by atoms with Gasteiger partial charge in [0, 0.05) is 16.7 Å². The number of carbonyl (C=O) groups is 2. The fraction of sp³-hybridized carbons (Fsp3) is 0.0667. The van der Waals surface area contributed by atoms with Gasteiger partial charge >= 0.3 is 5.97 Å². The van der Waals surface area contributed by atoms with Gasteiger partial charge in [-0.3, -0.25) is 4.79 Å². The van der Waals surface area contributed by atoms with E-state index in [1.165, 1.54) is 12.1 Å². The summed E-state index contributed by atoms with van der Waals surface area (Å²) in [6.07, 6.45) is 0. The minimum Gasteiger partial charge on any atom is -0.465 e. The van der Waals surface area contributed by atoms with E-state index in [9.17, 15) is 18.4 Å². The first-order chi connectivity index (χ1) is 10.8. The van der Waals surface area contributed by atoms with E-state index >= 15 is 0 Å². The van der Waals surface area contributed by atoms with E-state index in [4.69, 9.17) is 23.2 Å². The molecule has 0 bridgehead atoms. The third-order valence-electron chi connectivity index (χ3n) is 2.82. The van der Waals surface area contributed by atoms with Gasteiger partial charge in [-0.1, -0.05) is 23.2 Å². The van der Waals surface area contributed by atoms with Crippen molar-refractivity contribution in [2.45, 2.75) is 0 Å². The van der Waals surface area contributed by atoms with Crippen LogP contribution in [0.5, 0.6) is 0 Å². The maximum absolute atomic E-state index is 13.2. The van der Waals surface area contributed by atoms with Crippen molar-refractivity contribution in [1.82, 2.24) is 0 Å². The molecule has 0 spiro atoms. The van der Waals surface area contributed by atoms with Gasteiger partial charge in [0.1, 0.15) is 11.6 Å². The highest BCUT2D eigenvalue weighted by Crippen LogP contribution is 2.31. The summed E-state index contributed by atoms with van der Waals surface area (Å²) in [4.78, 5) is 23.9. The van der Waals surface area contributed by atoms with Crippen molar-refractivity contribution >= 4 is 40.8 Å². The van der Waals surface area contributed by atoms with Crippen LogP contribution in [0.2, 0.25) is 10.0 Å². The van der Waals surface area contributed by atoms with Crippen LogP contribution >= 0.6 is 23.2 Å². The molecule has 4 nitrogen and oxygen atoms in total. The van der Waals surface area contributed by atoms with Gasteiger partial charge in [0.05, 0.1) is 23.4 Å². The predicted molar refractivity (Wildman–Crippen MR) is 82.1 cm³/mol. The molecular formula is C15H9Cl2F2NO3. The van der Waals surface area contributed by atoms with Crippen LogP contribution in [0.1, 0.15) is 20.7 Å². The lowest BCUT2D eigenvalue weighted by Crippen LogP contribution is -2.16. The van der Waals surface area contributed by atoms with Crippen LogP contribution in [0.25, 0.3) is 0 Å². The number of anilines is 1. The Kier molecular flexibility index (Phi) is 5.18. The van der Waals surface area contributed by atoms with Crippen LogP contribution in [0, 0.1) is 11.6 Å². The van der Waals surface area contributed by atoms with Crippen molar-refractivity contribution in [3.63, 3.8) is 0 Å². The number of halogens is 4. The largest absolute Gasteiger partial charge is 0.465 e. The Morgan fingerprint density at radius 2 is 1.65 bits per heavy atom. The van der Waals surface area contributed by atoms with E-state index < -0.39 is 23.5 Å². The normalized spacial score (nSPS) is 10.3. The minimum atomic E-state index is -0.912. The van der Waals surface area contributed by atoms with Gasteiger partial charge in [-0.2, -0.15) is 0 Å². The van der Waals surface area contributed by atoms with Crippen molar-refractivity contribution in [3.05, 3.63) is 63.1 Å². The second-order valence-corrected chi connectivity index (χ2v) is 5.26. The SMILES string of the molecule is COC(=O)c1cc(Cl)cc(Cl)c1NC(=O)c1cc(F)cc(F)c1. The number of rotatable bonds is 3. The molecule has 0 unspecified atom stereocenters. The Bertz CT molecular complexity index is 776. The third kappa shape index (κ3) is 3.97. The molecule has 8 heteroatoms. The summed E-state index contributed by atoms with van der Waals surface area (Å²) < 4.78 is 31.0. The standard InChI is InChI=1S/C15H9Cl2F2NO3/c1-23-15(22)11-4-8(16)5-12(17)13(11)20-14(21)7-2-9(18)6-10(19)3-7/h2-6H,1H3,(H,20,21). The van der Waals surface area contributed by atoms with E-state index in [0.29, 0.717) is 6.07 Å². The van der Waals surface area contributed by atoms with Gasteiger partial charge in [0.25, 0.3) is 5.91 Å². The zero-order chi connectivity index (χ0) is 17.1. The number of amides is 1. The van der Waals surface area contributed by atoms with E-state index in [1.807, 2.05) is 0 Å². The zero-order valence-corrected chi connectivity index (χ0v) is 13.1. The summed E-state index contributed by atoms with van der Waals surface area (Å²) in [5.74, 6) is -3.45. The quantitative estimate of drug-likeness (QED) is 0.830. The van der Waals surface area contributed by atoms with Crippen LogP contribution in [0.3, 0.4) is 0 Å². The van der Waals surface area contributed by atoms with Crippen LogP contribution in [-0.2, 0) is 4.74 Å². The van der Waals surface area contributed by atoms with Crippen LogP contribution in [0.4, 0.5) is 14.5 Å². The second kappa shape index (κ2) is 6.93. The lowest BCUT2D eigenvalue weighted by molar-refractivity contribution is 0.0602. The van der Waals surface area contributed by atoms with E-state index in [2.05, 4.69) is 10.1 Å². The Hall–Kier alpha value is -2.18. The summed E-state index contributed by atoms with van der Waals surface area (Å²) in [7, 11) is 1.14. The molecule has 0 saturated carbocycles. The molecule has 0 heterocycles. The highest BCUT2D eigenvalue weighted by atomic mass is 35.5. The molecule has 0 aliphatic heterocycles. The first-order valence-electron chi connectivity index (χ1n) is 6.16. The van der Waals surface area contributed by atoms with Crippen molar-refractivity contribution in [3.8, 4) is 0 Å². The average Bonchev–Trinajstić information content (AvgIpc) is 2.47. The molecule has 2 aromatic rings. The number of carbonyl (C=O) groups excluding carboxylic acids is 2. The van der Waals surface area contributed by atoms with E-state index in [0.717, 1.165) is 19.2 Å². The van der Waals surface area contributed by atoms with E-state index in [-0.39, 0.29) is 26.9 Å². The van der Waals surface area contributed by atoms with Gasteiger partial charge in [0.15, 0.2) is 0 Å². The number of ether oxygens (including phenoxy) is 1. The summed E-state index contributed by atoms with van der Waals surface area (Å²) in [6, 6.07) is 4.88. The Balaban J connectivity index is 2.43. The summed E-state index contributed by atoms with van der Waals surface area (Å²) in [5, 5.41) is 2.46. The number of methoxy groups -OCH3 is 1. The van der Waals surface area contributed by atoms with E-state index in [1.54, 1.807) is 0 Å². The monoisotopic (exact) mass is 359 g/mol. The molecule has 1 N–H and O–H groups in total. The fourth-order valence-corrected chi connectivity index (χ4v) is 2.38. The number of esters is 1. The smallest absolute Gasteiger partial charge is 0.340 e. The Labute approximate surface area is 140 Å². The van der Waals surface area contributed by atoms with Gasteiger partial charge in [-0.25, -0.2) is 13.6 Å². The van der Waals surface area contributed by atoms with Crippen molar-refractivity contribution in [1.29, 1.82) is 0 Å². The first kappa shape index (κ1) is 17.2. The molecule has 0 fully saturated rings. The Morgan fingerprint density at radius 1 is 1.04 bits per heavy atom. The third-order valence-corrected chi connectivity index (χ3v) is 3.34. The van der Waals surface area contributed by atoms with Crippen LogP contribution in [0.15, 0.2) is 30.3 Å². The molecule has 2 rings (SSSR count). The molecule has 0 atom stereocenters. The molecule has 0 aromatic heterocycles. The van der Waals surface area contributed by atoms with Crippen molar-refractivity contribution in [2.75, 3.05) is 12.4 Å². The fourth-order valence-electron chi connectivity index (χ4n) is 1.84. The summed E-state index contributed by atoms with van der Waals surface area (Å²) >= 11 is 11.8. The van der Waals surface area contributed by atoms with Gasteiger partial charge in [-0.15, -0.1) is 0 Å². The molecular weight excluding hydrogens is 351 g/mol. The molecule has 0 saturated heterocycles. The number of hydrogen-bond acceptors (Lipinski definition) is 3. The average molecular weight is 360 g/mol. The van der Waals surface area contributed by atoms with Gasteiger partial charge in [0.2, 0.25) is 0 Å². The molecule has 0 radical (unpaired) electrons. The van der Waals surface area contributed by atoms with Crippen molar-refractivity contribution < 1.29 is 23.1 Å². The van der Waals surface area contributed by atoms with Crippen LogP contribution in [-0.4, -0.2) is 19.0 Å². The summed E-state index contributed by atoms with van der Waals surface area (Å²) in [6.45, 7) is 0. The lowest BCUT2D eigenvalue weighted by Gasteiger charge is -2.12. The maximum Gasteiger partial charge on any atom is 0.340 e. The number of nitrogens with one attached hydrogen (secondary N) is 1. The predicted octanol–water partition coefficient (Wildman–Crippen LogP) is 4.31. The molecule has 23 heavy (non-hydrogen) atoms.